The van der Waals surface area contributed by atoms with Crippen LogP contribution >= 0.6 is 23.2 Å². The third-order valence-corrected chi connectivity index (χ3v) is 6.59. The first kappa shape index (κ1) is 23.7. The smallest absolute Gasteiger partial charge is 0.265 e. The lowest BCUT2D eigenvalue weighted by atomic mass is 10.3. The molecule has 1 aromatic heterocycles. The van der Waals surface area contributed by atoms with Crippen molar-refractivity contribution in [2.45, 2.75) is 17.9 Å². The van der Waals surface area contributed by atoms with E-state index in [2.05, 4.69) is 20.0 Å². The zero-order chi connectivity index (χ0) is 24.3. The summed E-state index contributed by atoms with van der Waals surface area (Å²) in [6, 6.07) is 17.5. The minimum Gasteiger partial charge on any atom is -0.479 e. The van der Waals surface area contributed by atoms with Crippen LogP contribution in [0.15, 0.2) is 77.8 Å². The summed E-state index contributed by atoms with van der Waals surface area (Å²) in [6.07, 6.45) is 0.484. The molecule has 2 N–H and O–H groups in total. The number of para-hydroxylation sites is 2. The van der Waals surface area contributed by atoms with Crippen molar-refractivity contribution < 1.29 is 17.9 Å². The normalized spacial score (nSPS) is 12.2. The van der Waals surface area contributed by atoms with Crippen LogP contribution in [0.3, 0.4) is 0 Å². The number of sulfonamides is 1. The zero-order valence-corrected chi connectivity index (χ0v) is 20.0. The molecule has 11 heteroatoms. The van der Waals surface area contributed by atoms with Crippen LogP contribution in [-0.2, 0) is 14.8 Å². The van der Waals surface area contributed by atoms with Crippen molar-refractivity contribution in [3.63, 3.8) is 0 Å². The SMILES string of the molecule is C[C@@H](Oc1ccc(Cl)cc1Cl)C(=O)Nc1ccc(S(=O)(=O)Nc2cnc3ccccc3n2)cc1. The van der Waals surface area contributed by atoms with Gasteiger partial charge in [-0.3, -0.25) is 14.5 Å². The molecule has 0 aliphatic rings. The first-order valence-corrected chi connectivity index (χ1v) is 12.2. The summed E-state index contributed by atoms with van der Waals surface area (Å²) in [5, 5.41) is 3.40. The van der Waals surface area contributed by atoms with Crippen LogP contribution in [0.2, 0.25) is 10.0 Å². The first-order valence-electron chi connectivity index (χ1n) is 9.98. The zero-order valence-electron chi connectivity index (χ0n) is 17.7. The van der Waals surface area contributed by atoms with Crippen molar-refractivity contribution in [3.8, 4) is 5.75 Å². The molecule has 1 amide bonds. The molecule has 0 saturated carbocycles. The fourth-order valence-electron chi connectivity index (χ4n) is 2.98. The van der Waals surface area contributed by atoms with Crippen molar-refractivity contribution in [1.82, 2.24) is 9.97 Å². The van der Waals surface area contributed by atoms with Crippen LogP contribution in [0.25, 0.3) is 11.0 Å². The number of rotatable bonds is 7. The summed E-state index contributed by atoms with van der Waals surface area (Å²) < 4.78 is 33.5. The van der Waals surface area contributed by atoms with Gasteiger partial charge in [-0.15, -0.1) is 0 Å². The Hall–Kier alpha value is -3.40. The second-order valence-corrected chi connectivity index (χ2v) is 9.72. The predicted molar refractivity (Wildman–Crippen MR) is 132 cm³/mol. The van der Waals surface area contributed by atoms with Crippen LogP contribution in [0, 0.1) is 0 Å². The van der Waals surface area contributed by atoms with Crippen LogP contribution in [0.1, 0.15) is 6.92 Å². The fraction of sp³-hybridized carbons (Fsp3) is 0.0870. The van der Waals surface area contributed by atoms with Crippen LogP contribution in [0.4, 0.5) is 11.5 Å². The molecule has 0 bridgehead atoms. The molecule has 8 nitrogen and oxygen atoms in total. The second-order valence-electron chi connectivity index (χ2n) is 7.20. The highest BCUT2D eigenvalue weighted by atomic mass is 35.5. The molecule has 4 aromatic rings. The van der Waals surface area contributed by atoms with E-state index in [0.717, 1.165) is 0 Å². The van der Waals surface area contributed by atoms with Gasteiger partial charge in [0.25, 0.3) is 15.9 Å². The van der Waals surface area contributed by atoms with E-state index in [0.29, 0.717) is 27.5 Å². The van der Waals surface area contributed by atoms with E-state index in [9.17, 15) is 13.2 Å². The number of carbonyl (C=O) groups excluding carboxylic acids is 1. The van der Waals surface area contributed by atoms with E-state index in [-0.39, 0.29) is 15.7 Å². The van der Waals surface area contributed by atoms with Crippen molar-refractivity contribution in [2.75, 3.05) is 10.0 Å². The Balaban J connectivity index is 1.41. The quantitative estimate of drug-likeness (QED) is 0.351. The molecule has 0 saturated heterocycles. The maximum atomic E-state index is 12.7. The molecule has 3 aromatic carbocycles. The van der Waals surface area contributed by atoms with Gasteiger partial charge in [0, 0.05) is 10.7 Å². The van der Waals surface area contributed by atoms with Gasteiger partial charge < -0.3 is 10.1 Å². The van der Waals surface area contributed by atoms with E-state index in [1.165, 1.54) is 36.5 Å². The summed E-state index contributed by atoms with van der Waals surface area (Å²) in [6.45, 7) is 1.56. The number of aromatic nitrogens is 2. The van der Waals surface area contributed by atoms with Gasteiger partial charge in [0.1, 0.15) is 5.75 Å². The molecule has 1 heterocycles. The molecule has 0 unspecified atom stereocenters. The molecular formula is C23H18Cl2N4O4S. The summed E-state index contributed by atoms with van der Waals surface area (Å²) in [5.74, 6) is -0.0212. The van der Waals surface area contributed by atoms with Gasteiger partial charge in [-0.05, 0) is 61.5 Å². The topological polar surface area (TPSA) is 110 Å². The number of hydrogen-bond donors (Lipinski definition) is 2. The van der Waals surface area contributed by atoms with Crippen LogP contribution in [0.5, 0.6) is 5.75 Å². The molecule has 0 spiro atoms. The lowest BCUT2D eigenvalue weighted by Crippen LogP contribution is -2.30. The number of ether oxygens (including phenoxy) is 1. The van der Waals surface area contributed by atoms with E-state index in [1.807, 2.05) is 6.07 Å². The minimum atomic E-state index is -3.91. The molecule has 0 radical (unpaired) electrons. The Bertz CT molecular complexity index is 1460. The number of nitrogens with one attached hydrogen (secondary N) is 2. The molecule has 4 rings (SSSR count). The average molecular weight is 517 g/mol. The van der Waals surface area contributed by atoms with Crippen molar-refractivity contribution in [3.05, 3.63) is 83.0 Å². The molecular weight excluding hydrogens is 499 g/mol. The highest BCUT2D eigenvalue weighted by Gasteiger charge is 2.18. The number of halogens is 2. The lowest BCUT2D eigenvalue weighted by Gasteiger charge is -2.16. The predicted octanol–water partition coefficient (Wildman–Crippen LogP) is 5.14. The van der Waals surface area contributed by atoms with Crippen molar-refractivity contribution in [2.24, 2.45) is 0 Å². The first-order chi connectivity index (χ1) is 16.2. The summed E-state index contributed by atoms with van der Waals surface area (Å²) >= 11 is 11.9. The highest BCUT2D eigenvalue weighted by molar-refractivity contribution is 7.92. The van der Waals surface area contributed by atoms with E-state index in [4.69, 9.17) is 27.9 Å². The highest BCUT2D eigenvalue weighted by Crippen LogP contribution is 2.28. The largest absolute Gasteiger partial charge is 0.479 e. The van der Waals surface area contributed by atoms with Gasteiger partial charge in [-0.1, -0.05) is 35.3 Å². The Morgan fingerprint density at radius 2 is 1.71 bits per heavy atom. The average Bonchev–Trinajstić information content (AvgIpc) is 2.81. The maximum absolute atomic E-state index is 12.7. The molecule has 0 aliphatic heterocycles. The van der Waals surface area contributed by atoms with Gasteiger partial charge in [-0.2, -0.15) is 0 Å². The Labute approximate surface area is 206 Å². The number of anilines is 2. The van der Waals surface area contributed by atoms with Gasteiger partial charge in [0.05, 0.1) is 27.1 Å². The number of hydrogen-bond acceptors (Lipinski definition) is 6. The molecule has 34 heavy (non-hydrogen) atoms. The number of nitrogens with zero attached hydrogens (tertiary/aromatic N) is 2. The molecule has 1 atom stereocenters. The number of amides is 1. The maximum Gasteiger partial charge on any atom is 0.265 e. The van der Waals surface area contributed by atoms with E-state index >= 15 is 0 Å². The van der Waals surface area contributed by atoms with Crippen LogP contribution in [-0.4, -0.2) is 30.4 Å². The Morgan fingerprint density at radius 3 is 2.41 bits per heavy atom. The van der Waals surface area contributed by atoms with Crippen LogP contribution < -0.4 is 14.8 Å². The molecule has 0 fully saturated rings. The molecule has 174 valence electrons. The third kappa shape index (κ3) is 5.56. The van der Waals surface area contributed by atoms with Gasteiger partial charge in [0.15, 0.2) is 11.9 Å². The number of carbonyl (C=O) groups is 1. The van der Waals surface area contributed by atoms with Gasteiger partial charge in [0.2, 0.25) is 0 Å². The van der Waals surface area contributed by atoms with Crippen molar-refractivity contribution in [1.29, 1.82) is 0 Å². The second kappa shape index (κ2) is 9.84. The Morgan fingerprint density at radius 1 is 1.00 bits per heavy atom. The fourth-order valence-corrected chi connectivity index (χ4v) is 4.42. The minimum absolute atomic E-state index is 0.00213. The van der Waals surface area contributed by atoms with Crippen molar-refractivity contribution >= 4 is 61.7 Å². The lowest BCUT2D eigenvalue weighted by molar-refractivity contribution is -0.122. The van der Waals surface area contributed by atoms with Gasteiger partial charge >= 0.3 is 0 Å². The third-order valence-electron chi connectivity index (χ3n) is 4.69. The summed E-state index contributed by atoms with van der Waals surface area (Å²) in [5.41, 5.74) is 1.62. The summed E-state index contributed by atoms with van der Waals surface area (Å²) in [7, 11) is -3.91. The molecule has 0 aliphatic carbocycles. The number of fused-ring (bicyclic) bond motifs is 1. The Kier molecular flexibility index (Phi) is 6.87. The van der Waals surface area contributed by atoms with E-state index in [1.54, 1.807) is 37.3 Å². The number of benzene rings is 3. The van der Waals surface area contributed by atoms with E-state index < -0.39 is 22.0 Å². The van der Waals surface area contributed by atoms with Gasteiger partial charge in [-0.25, -0.2) is 13.4 Å². The standard InChI is InChI=1S/C23H18Cl2N4O4S/c1-14(33-21-11-6-15(24)12-18(21)25)23(30)27-16-7-9-17(10-8-16)34(31,32)29-22-13-26-19-4-2-3-5-20(19)28-22/h2-14H,1H3,(H,27,30)(H,28,29)/t14-/m1/s1. The monoisotopic (exact) mass is 516 g/mol. The summed E-state index contributed by atoms with van der Waals surface area (Å²) in [4.78, 5) is 20.9.